The van der Waals surface area contributed by atoms with Gasteiger partial charge in [-0.1, -0.05) is 46.0 Å². The molecule has 0 aliphatic carbocycles. The van der Waals surface area contributed by atoms with Gasteiger partial charge in [-0.15, -0.1) is 0 Å². The van der Waals surface area contributed by atoms with Gasteiger partial charge in [0.05, 0.1) is 0 Å². The molecule has 0 aromatic carbocycles. The van der Waals surface area contributed by atoms with Crippen LogP contribution in [0.1, 0.15) is 58.8 Å². The molecule has 0 aromatic heterocycles. The van der Waals surface area contributed by atoms with E-state index in [0.29, 0.717) is 6.42 Å². The van der Waals surface area contributed by atoms with Crippen molar-refractivity contribution >= 4 is 5.78 Å². The van der Waals surface area contributed by atoms with Gasteiger partial charge in [-0.25, -0.2) is 5.90 Å². The SMILES string of the molecule is CC(C)CCCCCCCC(=O)CON. The van der Waals surface area contributed by atoms with Crippen molar-refractivity contribution in [2.45, 2.75) is 58.8 Å². The Hall–Kier alpha value is -0.410. The highest BCUT2D eigenvalue weighted by Gasteiger charge is 2.00. The van der Waals surface area contributed by atoms with E-state index in [4.69, 9.17) is 5.90 Å². The van der Waals surface area contributed by atoms with Gasteiger partial charge in [0.1, 0.15) is 6.61 Å². The summed E-state index contributed by atoms with van der Waals surface area (Å²) < 4.78 is 0. The number of carbonyl (C=O) groups excluding carboxylic acids is 1. The zero-order valence-electron chi connectivity index (χ0n) is 10.1. The quantitative estimate of drug-likeness (QED) is 0.450. The Balaban J connectivity index is 3.08. The van der Waals surface area contributed by atoms with E-state index < -0.39 is 0 Å². The van der Waals surface area contributed by atoms with Gasteiger partial charge in [0.15, 0.2) is 5.78 Å². The third-order valence-electron chi connectivity index (χ3n) is 2.48. The Morgan fingerprint density at radius 3 is 2.33 bits per heavy atom. The molecule has 0 aliphatic heterocycles. The Morgan fingerprint density at radius 2 is 1.73 bits per heavy atom. The molecule has 0 unspecified atom stereocenters. The molecular formula is C12H25NO2. The van der Waals surface area contributed by atoms with Crippen molar-refractivity contribution in [2.24, 2.45) is 11.8 Å². The fourth-order valence-corrected chi connectivity index (χ4v) is 1.57. The van der Waals surface area contributed by atoms with Crippen LogP contribution in [0.4, 0.5) is 0 Å². The normalized spacial score (nSPS) is 10.9. The summed E-state index contributed by atoms with van der Waals surface area (Å²) in [5.74, 6) is 5.73. The molecule has 90 valence electrons. The summed E-state index contributed by atoms with van der Waals surface area (Å²) in [6, 6.07) is 0. The third-order valence-corrected chi connectivity index (χ3v) is 2.48. The van der Waals surface area contributed by atoms with Gasteiger partial charge < -0.3 is 0 Å². The van der Waals surface area contributed by atoms with E-state index >= 15 is 0 Å². The van der Waals surface area contributed by atoms with Gasteiger partial charge in [0, 0.05) is 6.42 Å². The third kappa shape index (κ3) is 11.5. The van der Waals surface area contributed by atoms with Gasteiger partial charge in [-0.3, -0.25) is 9.63 Å². The van der Waals surface area contributed by atoms with Crippen molar-refractivity contribution in [3.63, 3.8) is 0 Å². The molecule has 15 heavy (non-hydrogen) atoms. The Kier molecular flexibility index (Phi) is 9.84. The van der Waals surface area contributed by atoms with Crippen molar-refractivity contribution in [3.8, 4) is 0 Å². The number of hydrogen-bond donors (Lipinski definition) is 1. The van der Waals surface area contributed by atoms with Crippen LogP contribution in [0.3, 0.4) is 0 Å². The molecule has 0 bridgehead atoms. The minimum Gasteiger partial charge on any atom is -0.297 e. The fraction of sp³-hybridized carbons (Fsp3) is 0.917. The molecule has 0 saturated heterocycles. The minimum atomic E-state index is 0.0628. The lowest BCUT2D eigenvalue weighted by atomic mass is 10.0. The number of unbranched alkanes of at least 4 members (excludes halogenated alkanes) is 4. The smallest absolute Gasteiger partial charge is 0.160 e. The van der Waals surface area contributed by atoms with Gasteiger partial charge in [-0.05, 0) is 12.3 Å². The molecule has 3 nitrogen and oxygen atoms in total. The van der Waals surface area contributed by atoms with E-state index in [1.807, 2.05) is 0 Å². The van der Waals surface area contributed by atoms with Crippen molar-refractivity contribution in [2.75, 3.05) is 6.61 Å². The van der Waals surface area contributed by atoms with Crippen molar-refractivity contribution < 1.29 is 9.63 Å². The zero-order chi connectivity index (χ0) is 11.5. The van der Waals surface area contributed by atoms with Crippen LogP contribution >= 0.6 is 0 Å². The topological polar surface area (TPSA) is 52.3 Å². The van der Waals surface area contributed by atoms with Crippen molar-refractivity contribution in [1.82, 2.24) is 0 Å². The molecule has 0 saturated carbocycles. The predicted octanol–water partition coefficient (Wildman–Crippen LogP) is 2.83. The molecule has 0 fully saturated rings. The monoisotopic (exact) mass is 215 g/mol. The maximum atomic E-state index is 11.0. The second-order valence-electron chi connectivity index (χ2n) is 4.55. The molecule has 0 amide bonds. The second-order valence-corrected chi connectivity index (χ2v) is 4.55. The molecule has 0 rings (SSSR count). The lowest BCUT2D eigenvalue weighted by Gasteiger charge is -2.04. The Morgan fingerprint density at radius 1 is 1.13 bits per heavy atom. The van der Waals surface area contributed by atoms with Crippen molar-refractivity contribution in [1.29, 1.82) is 0 Å². The largest absolute Gasteiger partial charge is 0.297 e. The van der Waals surface area contributed by atoms with Crippen LogP contribution in [-0.2, 0) is 9.63 Å². The maximum Gasteiger partial charge on any atom is 0.160 e. The van der Waals surface area contributed by atoms with E-state index in [1.54, 1.807) is 0 Å². The van der Waals surface area contributed by atoms with E-state index in [1.165, 1.54) is 25.7 Å². The molecule has 3 heteroatoms. The number of rotatable bonds is 10. The van der Waals surface area contributed by atoms with Crippen LogP contribution in [0.25, 0.3) is 0 Å². The average Bonchev–Trinajstić information content (AvgIpc) is 2.16. The number of carbonyl (C=O) groups is 1. The van der Waals surface area contributed by atoms with Crippen LogP contribution in [0.2, 0.25) is 0 Å². The Bertz CT molecular complexity index is 158. The first kappa shape index (κ1) is 14.6. The number of hydrogen-bond acceptors (Lipinski definition) is 3. The zero-order valence-corrected chi connectivity index (χ0v) is 10.1. The van der Waals surface area contributed by atoms with Gasteiger partial charge in [0.2, 0.25) is 0 Å². The summed E-state index contributed by atoms with van der Waals surface area (Å²) in [5, 5.41) is 0. The van der Waals surface area contributed by atoms with Gasteiger partial charge in [-0.2, -0.15) is 0 Å². The van der Waals surface area contributed by atoms with Crippen LogP contribution in [0, 0.1) is 5.92 Å². The lowest BCUT2D eigenvalue weighted by molar-refractivity contribution is -0.123. The first-order chi connectivity index (χ1) is 7.16. The highest BCUT2D eigenvalue weighted by atomic mass is 16.6. The van der Waals surface area contributed by atoms with E-state index in [0.717, 1.165) is 18.8 Å². The summed E-state index contributed by atoms with van der Waals surface area (Å²) in [4.78, 5) is 15.3. The molecule has 0 radical (unpaired) electrons. The standard InChI is InChI=1S/C12H25NO2/c1-11(2)8-6-4-3-5-7-9-12(14)10-15-13/h11H,3-10,13H2,1-2H3. The molecule has 0 aromatic rings. The molecule has 0 aliphatic rings. The first-order valence-electron chi connectivity index (χ1n) is 6.00. The van der Waals surface area contributed by atoms with Gasteiger partial charge in [0.25, 0.3) is 0 Å². The highest BCUT2D eigenvalue weighted by Crippen LogP contribution is 2.11. The Labute approximate surface area is 93.3 Å². The fourth-order valence-electron chi connectivity index (χ4n) is 1.57. The maximum absolute atomic E-state index is 11.0. The van der Waals surface area contributed by atoms with Crippen LogP contribution in [0.15, 0.2) is 0 Å². The summed E-state index contributed by atoms with van der Waals surface area (Å²) in [6.07, 6.45) is 7.90. The van der Waals surface area contributed by atoms with E-state index in [-0.39, 0.29) is 12.4 Å². The summed E-state index contributed by atoms with van der Waals surface area (Å²) >= 11 is 0. The predicted molar refractivity (Wildman–Crippen MR) is 62.3 cm³/mol. The first-order valence-corrected chi connectivity index (χ1v) is 6.00. The molecule has 2 N–H and O–H groups in total. The summed E-state index contributed by atoms with van der Waals surface area (Å²) in [6.45, 7) is 4.57. The number of nitrogens with two attached hydrogens (primary N) is 1. The van der Waals surface area contributed by atoms with E-state index in [2.05, 4.69) is 18.7 Å². The number of Topliss-reactive ketones (excluding diaryl/α,β-unsaturated/α-hetero) is 1. The molecule has 0 heterocycles. The van der Waals surface area contributed by atoms with Crippen molar-refractivity contribution in [3.05, 3.63) is 0 Å². The van der Waals surface area contributed by atoms with Crippen LogP contribution in [-0.4, -0.2) is 12.4 Å². The van der Waals surface area contributed by atoms with E-state index in [9.17, 15) is 4.79 Å². The molecular weight excluding hydrogens is 190 g/mol. The van der Waals surface area contributed by atoms with Crippen LogP contribution in [0.5, 0.6) is 0 Å². The minimum absolute atomic E-state index is 0.0628. The average molecular weight is 215 g/mol. The number of ketones is 1. The summed E-state index contributed by atoms with van der Waals surface area (Å²) in [7, 11) is 0. The summed E-state index contributed by atoms with van der Waals surface area (Å²) in [5.41, 5.74) is 0. The lowest BCUT2D eigenvalue weighted by Crippen LogP contribution is -2.11. The van der Waals surface area contributed by atoms with Crippen LogP contribution < -0.4 is 5.90 Å². The second kappa shape index (κ2) is 10.1. The van der Waals surface area contributed by atoms with Gasteiger partial charge >= 0.3 is 0 Å². The highest BCUT2D eigenvalue weighted by molar-refractivity contribution is 5.79. The molecule has 0 atom stereocenters. The molecule has 0 spiro atoms.